The van der Waals surface area contributed by atoms with E-state index < -0.39 is 0 Å². The van der Waals surface area contributed by atoms with Gasteiger partial charge in [-0.2, -0.15) is 0 Å². The molecule has 19 heavy (non-hydrogen) atoms. The van der Waals surface area contributed by atoms with Crippen molar-refractivity contribution in [1.29, 1.82) is 0 Å². The molecule has 0 fully saturated rings. The van der Waals surface area contributed by atoms with Gasteiger partial charge in [0.05, 0.1) is 16.9 Å². The van der Waals surface area contributed by atoms with E-state index in [4.69, 9.17) is 5.73 Å². The molecule has 0 bridgehead atoms. The molecule has 0 radical (unpaired) electrons. The van der Waals surface area contributed by atoms with Crippen molar-refractivity contribution in [1.82, 2.24) is 0 Å². The molecule has 0 heterocycles. The summed E-state index contributed by atoms with van der Waals surface area (Å²) in [4.78, 5) is 12.2. The predicted molar refractivity (Wildman–Crippen MR) is 85.4 cm³/mol. The van der Waals surface area contributed by atoms with Crippen LogP contribution in [0, 0.1) is 6.92 Å². The zero-order valence-corrected chi connectivity index (χ0v) is 13.4. The zero-order valence-electron chi connectivity index (χ0n) is 10.2. The third kappa shape index (κ3) is 3.16. The lowest BCUT2D eigenvalue weighted by atomic mass is 10.1. The van der Waals surface area contributed by atoms with Crippen molar-refractivity contribution in [3.05, 3.63) is 56.5 Å². The SMILES string of the molecule is Cc1cc(N)c(NC(=O)c2ccccc2Br)c(Br)c1. The van der Waals surface area contributed by atoms with Crippen LogP contribution in [0.3, 0.4) is 0 Å². The van der Waals surface area contributed by atoms with E-state index in [2.05, 4.69) is 37.2 Å². The topological polar surface area (TPSA) is 55.1 Å². The maximum atomic E-state index is 12.2. The number of anilines is 2. The van der Waals surface area contributed by atoms with Crippen LogP contribution in [-0.4, -0.2) is 5.91 Å². The molecule has 0 aliphatic carbocycles. The number of nitrogen functional groups attached to an aromatic ring is 1. The van der Waals surface area contributed by atoms with Crippen molar-refractivity contribution >= 4 is 49.1 Å². The molecule has 3 N–H and O–H groups in total. The average Bonchev–Trinajstić information content (AvgIpc) is 2.34. The molecule has 3 nitrogen and oxygen atoms in total. The maximum Gasteiger partial charge on any atom is 0.256 e. The first kappa shape index (κ1) is 14.1. The molecule has 2 aromatic carbocycles. The zero-order chi connectivity index (χ0) is 14.0. The van der Waals surface area contributed by atoms with Gasteiger partial charge in [0.15, 0.2) is 0 Å². The average molecular weight is 384 g/mol. The minimum Gasteiger partial charge on any atom is -0.397 e. The van der Waals surface area contributed by atoms with Crippen molar-refractivity contribution < 1.29 is 4.79 Å². The first-order valence-electron chi connectivity index (χ1n) is 5.60. The Bertz CT molecular complexity index is 618. The van der Waals surface area contributed by atoms with Crippen LogP contribution in [0.2, 0.25) is 0 Å². The molecule has 0 aromatic heterocycles. The molecule has 2 rings (SSSR count). The summed E-state index contributed by atoms with van der Waals surface area (Å²) in [5.74, 6) is -0.205. The summed E-state index contributed by atoms with van der Waals surface area (Å²) in [6, 6.07) is 11.0. The first-order chi connectivity index (χ1) is 8.99. The number of carbonyl (C=O) groups excluding carboxylic acids is 1. The summed E-state index contributed by atoms with van der Waals surface area (Å²) >= 11 is 6.77. The van der Waals surface area contributed by atoms with Crippen molar-refractivity contribution in [2.24, 2.45) is 0 Å². The lowest BCUT2D eigenvalue weighted by Gasteiger charge is -2.12. The highest BCUT2D eigenvalue weighted by molar-refractivity contribution is 9.11. The summed E-state index contributed by atoms with van der Waals surface area (Å²) in [7, 11) is 0. The van der Waals surface area contributed by atoms with E-state index in [0.29, 0.717) is 16.9 Å². The van der Waals surface area contributed by atoms with E-state index in [-0.39, 0.29) is 5.91 Å². The fourth-order valence-corrected chi connectivity index (χ4v) is 2.88. The van der Waals surface area contributed by atoms with E-state index in [9.17, 15) is 4.79 Å². The molecule has 1 amide bonds. The van der Waals surface area contributed by atoms with Crippen LogP contribution in [0.5, 0.6) is 0 Å². The number of benzene rings is 2. The Balaban J connectivity index is 2.32. The summed E-state index contributed by atoms with van der Waals surface area (Å²) < 4.78 is 1.51. The highest BCUT2D eigenvalue weighted by Gasteiger charge is 2.13. The van der Waals surface area contributed by atoms with Crippen molar-refractivity contribution in [3.63, 3.8) is 0 Å². The van der Waals surface area contributed by atoms with Gasteiger partial charge in [-0.05, 0) is 68.6 Å². The molecule has 0 spiro atoms. The second-order valence-electron chi connectivity index (χ2n) is 4.14. The van der Waals surface area contributed by atoms with Crippen molar-refractivity contribution in [3.8, 4) is 0 Å². The molecular formula is C14H12Br2N2O. The Morgan fingerprint density at radius 3 is 2.47 bits per heavy atom. The standard InChI is InChI=1S/C14H12Br2N2O/c1-8-6-11(16)13(12(17)7-8)18-14(19)9-4-2-3-5-10(9)15/h2-7H,17H2,1H3,(H,18,19). The molecular weight excluding hydrogens is 372 g/mol. The van der Waals surface area contributed by atoms with Gasteiger partial charge in [-0.1, -0.05) is 12.1 Å². The monoisotopic (exact) mass is 382 g/mol. The van der Waals surface area contributed by atoms with Crippen LogP contribution in [0.15, 0.2) is 45.3 Å². The summed E-state index contributed by atoms with van der Waals surface area (Å²) in [5, 5.41) is 2.82. The molecule has 98 valence electrons. The van der Waals surface area contributed by atoms with Gasteiger partial charge < -0.3 is 11.1 Å². The summed E-state index contributed by atoms with van der Waals surface area (Å²) in [5.41, 5.74) is 8.65. The molecule has 0 aliphatic heterocycles. The van der Waals surface area contributed by atoms with Gasteiger partial charge in [-0.25, -0.2) is 0 Å². The van der Waals surface area contributed by atoms with Gasteiger partial charge in [0.25, 0.3) is 5.91 Å². The maximum absolute atomic E-state index is 12.2. The van der Waals surface area contributed by atoms with Crippen molar-refractivity contribution in [2.45, 2.75) is 6.92 Å². The van der Waals surface area contributed by atoms with E-state index in [1.165, 1.54) is 0 Å². The lowest BCUT2D eigenvalue weighted by Crippen LogP contribution is -2.14. The van der Waals surface area contributed by atoms with Crippen LogP contribution in [0.4, 0.5) is 11.4 Å². The van der Waals surface area contributed by atoms with Crippen LogP contribution in [0.1, 0.15) is 15.9 Å². The minimum atomic E-state index is -0.205. The van der Waals surface area contributed by atoms with Crippen LogP contribution >= 0.6 is 31.9 Å². The Morgan fingerprint density at radius 2 is 1.84 bits per heavy atom. The fourth-order valence-electron chi connectivity index (χ4n) is 1.73. The molecule has 0 aliphatic rings. The normalized spacial score (nSPS) is 10.3. The highest BCUT2D eigenvalue weighted by Crippen LogP contribution is 2.31. The van der Waals surface area contributed by atoms with Gasteiger partial charge >= 0.3 is 0 Å². The second-order valence-corrected chi connectivity index (χ2v) is 5.85. The Kier molecular flexibility index (Phi) is 4.27. The third-order valence-corrected chi connectivity index (χ3v) is 3.94. The largest absolute Gasteiger partial charge is 0.397 e. The van der Waals surface area contributed by atoms with Crippen LogP contribution in [-0.2, 0) is 0 Å². The minimum absolute atomic E-state index is 0.205. The smallest absolute Gasteiger partial charge is 0.256 e. The van der Waals surface area contributed by atoms with E-state index in [1.807, 2.05) is 37.3 Å². The number of hydrogen-bond acceptors (Lipinski definition) is 2. The van der Waals surface area contributed by atoms with E-state index >= 15 is 0 Å². The Hall–Kier alpha value is -1.33. The lowest BCUT2D eigenvalue weighted by molar-refractivity contribution is 0.102. The highest BCUT2D eigenvalue weighted by atomic mass is 79.9. The molecule has 0 saturated heterocycles. The van der Waals surface area contributed by atoms with Gasteiger partial charge in [-0.15, -0.1) is 0 Å². The van der Waals surface area contributed by atoms with Gasteiger partial charge in [0.2, 0.25) is 0 Å². The second kappa shape index (κ2) is 5.75. The number of halogens is 2. The van der Waals surface area contributed by atoms with Crippen LogP contribution < -0.4 is 11.1 Å². The van der Waals surface area contributed by atoms with Gasteiger partial charge in [-0.3, -0.25) is 4.79 Å². The molecule has 2 aromatic rings. The Labute approximate surface area is 128 Å². The van der Waals surface area contributed by atoms with E-state index in [0.717, 1.165) is 14.5 Å². The molecule has 0 unspecified atom stereocenters. The number of rotatable bonds is 2. The first-order valence-corrected chi connectivity index (χ1v) is 7.19. The number of carbonyl (C=O) groups is 1. The quantitative estimate of drug-likeness (QED) is 0.757. The number of nitrogens with one attached hydrogen (secondary N) is 1. The summed E-state index contributed by atoms with van der Waals surface area (Å²) in [6.45, 7) is 1.94. The summed E-state index contributed by atoms with van der Waals surface area (Å²) in [6.07, 6.45) is 0. The van der Waals surface area contributed by atoms with E-state index in [1.54, 1.807) is 6.07 Å². The molecule has 0 saturated carbocycles. The third-order valence-electron chi connectivity index (χ3n) is 2.62. The van der Waals surface area contributed by atoms with Crippen LogP contribution in [0.25, 0.3) is 0 Å². The molecule has 0 atom stereocenters. The Morgan fingerprint density at radius 1 is 1.16 bits per heavy atom. The molecule has 5 heteroatoms. The number of nitrogens with two attached hydrogens (primary N) is 1. The number of hydrogen-bond donors (Lipinski definition) is 2. The van der Waals surface area contributed by atoms with Crippen molar-refractivity contribution in [2.75, 3.05) is 11.1 Å². The fraction of sp³-hybridized carbons (Fsp3) is 0.0714. The number of aryl methyl sites for hydroxylation is 1. The van der Waals surface area contributed by atoms with Gasteiger partial charge in [0.1, 0.15) is 0 Å². The predicted octanol–water partition coefficient (Wildman–Crippen LogP) is 4.35. The van der Waals surface area contributed by atoms with Gasteiger partial charge in [0, 0.05) is 8.95 Å². The number of amides is 1.